The van der Waals surface area contributed by atoms with Crippen LogP contribution >= 0.6 is 0 Å². The third-order valence-electron chi connectivity index (χ3n) is 5.16. The van der Waals surface area contributed by atoms with Crippen LogP contribution < -0.4 is 4.72 Å². The molecule has 1 aromatic rings. The van der Waals surface area contributed by atoms with E-state index < -0.39 is 16.0 Å². The Morgan fingerprint density at radius 3 is 2.52 bits per heavy atom. The molecule has 2 saturated carbocycles. The van der Waals surface area contributed by atoms with E-state index in [1.807, 2.05) is 4.57 Å². The first kappa shape index (κ1) is 18.5. The van der Waals surface area contributed by atoms with Gasteiger partial charge in [-0.3, -0.25) is 0 Å². The van der Waals surface area contributed by atoms with Gasteiger partial charge in [0.2, 0.25) is 10.0 Å². The van der Waals surface area contributed by atoms with Gasteiger partial charge in [0.25, 0.3) is 0 Å². The van der Waals surface area contributed by atoms with E-state index in [0.717, 1.165) is 25.7 Å². The summed E-state index contributed by atoms with van der Waals surface area (Å²) < 4.78 is 35.1. The van der Waals surface area contributed by atoms with E-state index in [2.05, 4.69) is 4.72 Å². The fourth-order valence-electron chi connectivity index (χ4n) is 3.61. The van der Waals surface area contributed by atoms with Crippen molar-refractivity contribution in [3.63, 3.8) is 0 Å². The predicted molar refractivity (Wildman–Crippen MR) is 95.0 cm³/mol. The number of nitrogens with one attached hydrogen (secondary N) is 1. The Hall–Kier alpha value is -1.34. The van der Waals surface area contributed by atoms with Crippen molar-refractivity contribution >= 4 is 16.0 Å². The fraction of sp³-hybridized carbons (Fsp3) is 0.722. The number of esters is 1. The molecular formula is C18H28N2O4S. The van der Waals surface area contributed by atoms with Crippen molar-refractivity contribution in [2.75, 3.05) is 6.61 Å². The van der Waals surface area contributed by atoms with Crippen LogP contribution in [0.25, 0.3) is 0 Å². The third-order valence-corrected chi connectivity index (χ3v) is 6.79. The van der Waals surface area contributed by atoms with Gasteiger partial charge in [-0.15, -0.1) is 0 Å². The number of hydrogen-bond donors (Lipinski definition) is 1. The van der Waals surface area contributed by atoms with Gasteiger partial charge in [-0.25, -0.2) is 17.9 Å². The average molecular weight is 368 g/mol. The molecule has 7 heteroatoms. The molecule has 1 heterocycles. The van der Waals surface area contributed by atoms with Crippen molar-refractivity contribution in [3.8, 4) is 0 Å². The summed E-state index contributed by atoms with van der Waals surface area (Å²) in [5.41, 5.74) is 0.975. The molecule has 0 unspecified atom stereocenters. The van der Waals surface area contributed by atoms with Crippen molar-refractivity contribution in [1.82, 2.24) is 9.29 Å². The molecule has 3 rings (SSSR count). The summed E-state index contributed by atoms with van der Waals surface area (Å²) in [6.45, 7) is 4.49. The Labute approximate surface area is 150 Å². The van der Waals surface area contributed by atoms with Crippen molar-refractivity contribution in [2.45, 2.75) is 76.3 Å². The highest BCUT2D eigenvalue weighted by atomic mass is 32.2. The number of ether oxygens (including phenoxy) is 1. The number of sulfonamides is 1. The van der Waals surface area contributed by atoms with E-state index in [1.54, 1.807) is 13.8 Å². The summed E-state index contributed by atoms with van der Waals surface area (Å²) in [5, 5.41) is 0. The van der Waals surface area contributed by atoms with E-state index in [1.165, 1.54) is 25.3 Å². The van der Waals surface area contributed by atoms with E-state index in [0.29, 0.717) is 23.9 Å². The van der Waals surface area contributed by atoms with Gasteiger partial charge in [0.15, 0.2) is 0 Å². The minimum atomic E-state index is -3.60. The number of hydrogen-bond acceptors (Lipinski definition) is 4. The zero-order valence-corrected chi connectivity index (χ0v) is 15.9. The highest BCUT2D eigenvalue weighted by Gasteiger charge is 2.32. The summed E-state index contributed by atoms with van der Waals surface area (Å²) in [6.07, 6.45) is 7.68. The lowest BCUT2D eigenvalue weighted by atomic mass is 9.89. The van der Waals surface area contributed by atoms with Gasteiger partial charge in [-0.2, -0.15) is 0 Å². The molecule has 0 spiro atoms. The maximum atomic E-state index is 12.7. The standard InChI is InChI=1S/C18H28N2O4S/c1-3-24-18(21)16-11-17(25(22,23)19-15-9-10-15)13(2)20(16)12-14-7-5-4-6-8-14/h11,14-15,19H,3-10,12H2,1-2H3. The molecular weight excluding hydrogens is 340 g/mol. The molecule has 0 amide bonds. The van der Waals surface area contributed by atoms with Crippen LogP contribution in [-0.4, -0.2) is 31.6 Å². The van der Waals surface area contributed by atoms with Gasteiger partial charge in [0.1, 0.15) is 10.6 Å². The summed E-state index contributed by atoms with van der Waals surface area (Å²) in [5.74, 6) is 0.0363. The summed E-state index contributed by atoms with van der Waals surface area (Å²) in [4.78, 5) is 12.6. The topological polar surface area (TPSA) is 77.4 Å². The second-order valence-corrected chi connectivity index (χ2v) is 8.89. The molecule has 0 saturated heterocycles. The zero-order chi connectivity index (χ0) is 18.0. The van der Waals surface area contributed by atoms with E-state index >= 15 is 0 Å². The average Bonchev–Trinajstić information content (AvgIpc) is 3.31. The van der Waals surface area contributed by atoms with Gasteiger partial charge in [-0.1, -0.05) is 19.3 Å². The summed E-state index contributed by atoms with van der Waals surface area (Å²) in [6, 6.07) is 1.53. The number of nitrogens with zero attached hydrogens (tertiary/aromatic N) is 1. The van der Waals surface area contributed by atoms with Gasteiger partial charge in [-0.05, 0) is 51.5 Å². The number of carbonyl (C=O) groups is 1. The quantitative estimate of drug-likeness (QED) is 0.751. The van der Waals surface area contributed by atoms with Crippen molar-refractivity contribution in [3.05, 3.63) is 17.5 Å². The van der Waals surface area contributed by atoms with Crippen LogP contribution in [0, 0.1) is 12.8 Å². The van der Waals surface area contributed by atoms with E-state index in [4.69, 9.17) is 4.74 Å². The second kappa shape index (κ2) is 7.50. The van der Waals surface area contributed by atoms with E-state index in [-0.39, 0.29) is 17.5 Å². The van der Waals surface area contributed by atoms with Gasteiger partial charge in [0.05, 0.1) is 6.61 Å². The van der Waals surface area contributed by atoms with Crippen LogP contribution in [0.15, 0.2) is 11.0 Å². The molecule has 6 nitrogen and oxygen atoms in total. The first-order valence-corrected chi connectivity index (χ1v) is 10.8. The van der Waals surface area contributed by atoms with Crippen molar-refractivity contribution in [2.24, 2.45) is 5.92 Å². The molecule has 0 radical (unpaired) electrons. The lowest BCUT2D eigenvalue weighted by Gasteiger charge is -2.24. The normalized spacial score (nSPS) is 19.1. The molecule has 1 N–H and O–H groups in total. The minimum Gasteiger partial charge on any atom is -0.461 e. The van der Waals surface area contributed by atoms with Gasteiger partial charge < -0.3 is 9.30 Å². The van der Waals surface area contributed by atoms with Crippen LogP contribution in [0.4, 0.5) is 0 Å². The van der Waals surface area contributed by atoms with Crippen LogP contribution in [0.3, 0.4) is 0 Å². The molecule has 1 aromatic heterocycles. The largest absolute Gasteiger partial charge is 0.461 e. The SMILES string of the molecule is CCOC(=O)c1cc(S(=O)(=O)NC2CC2)c(C)n1CC1CCCCC1. The lowest BCUT2D eigenvalue weighted by Crippen LogP contribution is -2.26. The van der Waals surface area contributed by atoms with Gasteiger partial charge >= 0.3 is 5.97 Å². The highest BCUT2D eigenvalue weighted by Crippen LogP contribution is 2.30. The van der Waals surface area contributed by atoms with Crippen LogP contribution in [-0.2, 0) is 21.3 Å². The Balaban J connectivity index is 1.93. The van der Waals surface area contributed by atoms with Crippen LogP contribution in [0.1, 0.15) is 68.1 Å². The maximum Gasteiger partial charge on any atom is 0.354 e. The minimum absolute atomic E-state index is 0.0390. The first-order chi connectivity index (χ1) is 11.9. The summed E-state index contributed by atoms with van der Waals surface area (Å²) in [7, 11) is -3.60. The maximum absolute atomic E-state index is 12.7. The smallest absolute Gasteiger partial charge is 0.354 e. The molecule has 140 valence electrons. The highest BCUT2D eigenvalue weighted by molar-refractivity contribution is 7.89. The number of rotatable bonds is 7. The molecule has 0 bridgehead atoms. The second-order valence-electron chi connectivity index (χ2n) is 7.21. The predicted octanol–water partition coefficient (Wildman–Crippen LogP) is 2.99. The Kier molecular flexibility index (Phi) is 5.53. The molecule has 0 aliphatic heterocycles. The molecule has 2 aliphatic rings. The molecule has 0 atom stereocenters. The Bertz CT molecular complexity index is 729. The van der Waals surface area contributed by atoms with Crippen molar-refractivity contribution in [1.29, 1.82) is 0 Å². The van der Waals surface area contributed by atoms with Crippen LogP contribution in [0.2, 0.25) is 0 Å². The lowest BCUT2D eigenvalue weighted by molar-refractivity contribution is 0.0511. The summed E-state index contributed by atoms with van der Waals surface area (Å²) >= 11 is 0. The fourth-order valence-corrected chi connectivity index (χ4v) is 5.18. The molecule has 2 aliphatic carbocycles. The van der Waals surface area contributed by atoms with E-state index in [9.17, 15) is 13.2 Å². The molecule has 0 aromatic carbocycles. The Morgan fingerprint density at radius 2 is 1.92 bits per heavy atom. The third kappa shape index (κ3) is 4.26. The van der Waals surface area contributed by atoms with Gasteiger partial charge in [0, 0.05) is 18.3 Å². The molecule has 2 fully saturated rings. The van der Waals surface area contributed by atoms with Crippen molar-refractivity contribution < 1.29 is 17.9 Å². The molecule has 25 heavy (non-hydrogen) atoms. The van der Waals surface area contributed by atoms with Crippen LogP contribution in [0.5, 0.6) is 0 Å². The first-order valence-electron chi connectivity index (χ1n) is 9.32. The number of carbonyl (C=O) groups excluding carboxylic acids is 1. The Morgan fingerprint density at radius 1 is 1.24 bits per heavy atom. The monoisotopic (exact) mass is 368 g/mol. The number of aromatic nitrogens is 1. The zero-order valence-electron chi connectivity index (χ0n) is 15.1.